The number of hydrogen-bond acceptors (Lipinski definition) is 4. The topological polar surface area (TPSA) is 55.4 Å². The lowest BCUT2D eigenvalue weighted by Crippen LogP contribution is -2.20. The van der Waals surface area contributed by atoms with Crippen molar-refractivity contribution in [3.05, 3.63) is 52.0 Å². The van der Waals surface area contributed by atoms with E-state index in [1.165, 1.54) is 29.5 Å². The van der Waals surface area contributed by atoms with Gasteiger partial charge in [0.1, 0.15) is 10.7 Å². The van der Waals surface area contributed by atoms with Gasteiger partial charge in [-0.2, -0.15) is 0 Å². The van der Waals surface area contributed by atoms with Gasteiger partial charge >= 0.3 is 5.97 Å². The number of halogens is 1. The second-order valence-corrected chi connectivity index (χ2v) is 5.33. The summed E-state index contributed by atoms with van der Waals surface area (Å²) >= 11 is 1.30. The first-order chi connectivity index (χ1) is 9.54. The van der Waals surface area contributed by atoms with E-state index in [1.54, 1.807) is 18.2 Å². The molecule has 0 bridgehead atoms. The van der Waals surface area contributed by atoms with Crippen LogP contribution in [-0.2, 0) is 9.53 Å². The number of thiophene rings is 1. The minimum absolute atomic E-state index is 0.318. The highest BCUT2D eigenvalue weighted by atomic mass is 32.1. The van der Waals surface area contributed by atoms with Crippen molar-refractivity contribution in [1.82, 2.24) is 0 Å². The van der Waals surface area contributed by atoms with Gasteiger partial charge in [-0.25, -0.2) is 9.18 Å². The smallest absolute Gasteiger partial charge is 0.348 e. The van der Waals surface area contributed by atoms with Crippen LogP contribution in [0.1, 0.15) is 14.5 Å². The molecule has 0 saturated carbocycles. The number of carbonyl (C=O) groups excluding carboxylic acids is 2. The van der Waals surface area contributed by atoms with E-state index < -0.39 is 24.3 Å². The van der Waals surface area contributed by atoms with Crippen molar-refractivity contribution in [3.63, 3.8) is 0 Å². The summed E-state index contributed by atoms with van der Waals surface area (Å²) < 4.78 is 17.8. The molecule has 0 fully saturated rings. The first-order valence-corrected chi connectivity index (χ1v) is 6.65. The summed E-state index contributed by atoms with van der Waals surface area (Å²) in [7, 11) is 0. The summed E-state index contributed by atoms with van der Waals surface area (Å²) in [5.41, 5.74) is 0.318. The predicted molar refractivity (Wildman–Crippen MR) is 74.4 cm³/mol. The van der Waals surface area contributed by atoms with Crippen LogP contribution in [0.25, 0.3) is 0 Å². The zero-order valence-corrected chi connectivity index (χ0v) is 11.5. The van der Waals surface area contributed by atoms with Gasteiger partial charge < -0.3 is 10.1 Å². The van der Waals surface area contributed by atoms with Crippen LogP contribution in [0, 0.1) is 12.7 Å². The summed E-state index contributed by atoms with van der Waals surface area (Å²) in [6.45, 7) is 1.46. The van der Waals surface area contributed by atoms with Crippen LogP contribution in [0.15, 0.2) is 36.4 Å². The maximum Gasteiger partial charge on any atom is 0.348 e. The lowest BCUT2D eigenvalue weighted by Gasteiger charge is -2.05. The number of benzene rings is 1. The number of rotatable bonds is 4. The molecule has 104 valence electrons. The first-order valence-electron chi connectivity index (χ1n) is 5.83. The summed E-state index contributed by atoms with van der Waals surface area (Å²) in [5.74, 6) is -1.51. The second-order valence-electron chi connectivity index (χ2n) is 4.04. The minimum Gasteiger partial charge on any atom is -0.451 e. The molecule has 0 atom stereocenters. The molecule has 0 spiro atoms. The van der Waals surface area contributed by atoms with Crippen LogP contribution in [-0.4, -0.2) is 18.5 Å². The van der Waals surface area contributed by atoms with E-state index in [2.05, 4.69) is 5.32 Å². The molecule has 2 aromatic rings. The van der Waals surface area contributed by atoms with E-state index >= 15 is 0 Å². The van der Waals surface area contributed by atoms with E-state index in [4.69, 9.17) is 4.74 Å². The average Bonchev–Trinajstić information content (AvgIpc) is 2.83. The molecule has 0 radical (unpaired) electrons. The highest BCUT2D eigenvalue weighted by Gasteiger charge is 2.12. The van der Waals surface area contributed by atoms with Crippen LogP contribution < -0.4 is 5.32 Å². The lowest BCUT2D eigenvalue weighted by molar-refractivity contribution is -0.119. The maximum absolute atomic E-state index is 12.9. The number of esters is 1. The van der Waals surface area contributed by atoms with Crippen molar-refractivity contribution >= 4 is 28.9 Å². The molecule has 0 aliphatic rings. The van der Waals surface area contributed by atoms with Crippen molar-refractivity contribution in [1.29, 1.82) is 0 Å². The lowest BCUT2D eigenvalue weighted by atomic mass is 10.3. The number of hydrogen-bond donors (Lipinski definition) is 1. The molecule has 6 heteroatoms. The van der Waals surface area contributed by atoms with Gasteiger partial charge in [-0.15, -0.1) is 11.3 Å². The summed E-state index contributed by atoms with van der Waals surface area (Å²) in [4.78, 5) is 24.6. The first kappa shape index (κ1) is 14.2. The number of aryl methyl sites for hydroxylation is 1. The third-order valence-corrected chi connectivity index (χ3v) is 3.36. The van der Waals surface area contributed by atoms with Gasteiger partial charge in [-0.3, -0.25) is 4.79 Å². The Hall–Kier alpha value is -2.21. The molecular formula is C14H12FNO3S. The van der Waals surface area contributed by atoms with Crippen molar-refractivity contribution in [3.8, 4) is 0 Å². The molecule has 1 N–H and O–H groups in total. The Morgan fingerprint density at radius 1 is 1.30 bits per heavy atom. The molecule has 1 aromatic carbocycles. The Morgan fingerprint density at radius 3 is 2.75 bits per heavy atom. The van der Waals surface area contributed by atoms with Gasteiger partial charge in [0.2, 0.25) is 0 Å². The number of carbonyl (C=O) groups is 2. The minimum atomic E-state index is -0.544. The Morgan fingerprint density at radius 2 is 2.10 bits per heavy atom. The van der Waals surface area contributed by atoms with Crippen LogP contribution >= 0.6 is 11.3 Å². The molecule has 4 nitrogen and oxygen atoms in total. The fraction of sp³-hybridized carbons (Fsp3) is 0.143. The Labute approximate surface area is 119 Å². The van der Waals surface area contributed by atoms with Crippen LogP contribution in [0.5, 0.6) is 0 Å². The summed E-state index contributed by atoms with van der Waals surface area (Å²) in [6, 6.07) is 8.93. The molecule has 1 amide bonds. The van der Waals surface area contributed by atoms with E-state index in [0.717, 1.165) is 4.88 Å². The largest absolute Gasteiger partial charge is 0.451 e. The second kappa shape index (κ2) is 6.29. The molecule has 2 rings (SSSR count). The highest BCUT2D eigenvalue weighted by Crippen LogP contribution is 2.16. The fourth-order valence-corrected chi connectivity index (χ4v) is 2.27. The van der Waals surface area contributed by atoms with Crippen molar-refractivity contribution in [2.45, 2.75) is 6.92 Å². The van der Waals surface area contributed by atoms with Crippen molar-refractivity contribution < 1.29 is 18.7 Å². The van der Waals surface area contributed by atoms with E-state index in [-0.39, 0.29) is 0 Å². The third-order valence-electron chi connectivity index (χ3n) is 2.38. The summed E-state index contributed by atoms with van der Waals surface area (Å²) in [5, 5.41) is 2.44. The van der Waals surface area contributed by atoms with Gasteiger partial charge in [-0.05, 0) is 37.3 Å². The normalized spacial score (nSPS) is 10.1. The number of nitrogens with one attached hydrogen (secondary N) is 1. The number of anilines is 1. The molecule has 1 heterocycles. The van der Waals surface area contributed by atoms with E-state index in [9.17, 15) is 14.0 Å². The van der Waals surface area contributed by atoms with Crippen molar-refractivity contribution in [2.24, 2.45) is 0 Å². The van der Waals surface area contributed by atoms with Crippen molar-refractivity contribution in [2.75, 3.05) is 11.9 Å². The standard InChI is InChI=1S/C14H12FNO3S/c1-9-5-6-12(20-9)14(18)19-8-13(17)16-11-4-2-3-10(15)7-11/h2-7H,8H2,1H3,(H,16,17). The Bertz CT molecular complexity index is 639. The fourth-order valence-electron chi connectivity index (χ4n) is 1.51. The highest BCUT2D eigenvalue weighted by molar-refractivity contribution is 7.13. The molecular weight excluding hydrogens is 281 g/mol. The van der Waals surface area contributed by atoms with Crippen LogP contribution in [0.2, 0.25) is 0 Å². The third kappa shape index (κ3) is 3.89. The Kier molecular flexibility index (Phi) is 4.47. The average molecular weight is 293 g/mol. The van der Waals surface area contributed by atoms with Gasteiger partial charge in [0.15, 0.2) is 6.61 Å². The zero-order chi connectivity index (χ0) is 14.5. The molecule has 1 aromatic heterocycles. The van der Waals surface area contributed by atoms with Crippen LogP contribution in [0.4, 0.5) is 10.1 Å². The molecule has 0 aliphatic heterocycles. The quantitative estimate of drug-likeness (QED) is 0.882. The Balaban J connectivity index is 1.85. The number of amides is 1. The molecule has 0 saturated heterocycles. The zero-order valence-electron chi connectivity index (χ0n) is 10.7. The molecule has 0 unspecified atom stereocenters. The van der Waals surface area contributed by atoms with Gasteiger partial charge in [0.05, 0.1) is 0 Å². The summed E-state index contributed by atoms with van der Waals surface area (Å²) in [6.07, 6.45) is 0. The van der Waals surface area contributed by atoms with E-state index in [0.29, 0.717) is 10.6 Å². The maximum atomic E-state index is 12.9. The van der Waals surface area contributed by atoms with Gasteiger partial charge in [0, 0.05) is 10.6 Å². The monoisotopic (exact) mass is 293 g/mol. The van der Waals surface area contributed by atoms with Gasteiger partial charge in [-0.1, -0.05) is 6.07 Å². The van der Waals surface area contributed by atoms with E-state index in [1.807, 2.05) is 6.92 Å². The SMILES string of the molecule is Cc1ccc(C(=O)OCC(=O)Nc2cccc(F)c2)s1. The van der Waals surface area contributed by atoms with Crippen LogP contribution in [0.3, 0.4) is 0 Å². The molecule has 20 heavy (non-hydrogen) atoms. The number of ether oxygens (including phenoxy) is 1. The predicted octanol–water partition coefficient (Wildman–Crippen LogP) is 2.99. The van der Waals surface area contributed by atoms with Gasteiger partial charge in [0.25, 0.3) is 5.91 Å². The molecule has 0 aliphatic carbocycles.